The molecule has 2 heteroatoms. The van der Waals surface area contributed by atoms with Gasteiger partial charge in [-0.05, 0) is 29.9 Å². The zero-order valence-corrected chi connectivity index (χ0v) is 9.76. The van der Waals surface area contributed by atoms with Crippen molar-refractivity contribution in [3.05, 3.63) is 21.9 Å². The lowest BCUT2D eigenvalue weighted by atomic mass is 10.1. The number of thiophene rings is 1. The highest BCUT2D eigenvalue weighted by atomic mass is 35.5. The molecule has 0 nitrogen and oxygen atoms in total. The number of rotatable bonds is 6. The van der Waals surface area contributed by atoms with Gasteiger partial charge in [0.15, 0.2) is 0 Å². The summed E-state index contributed by atoms with van der Waals surface area (Å²) in [4.78, 5) is 1.36. The van der Waals surface area contributed by atoms with Crippen molar-refractivity contribution in [1.29, 1.82) is 0 Å². The molecule has 1 aromatic heterocycles. The van der Waals surface area contributed by atoms with Crippen LogP contribution in [0.1, 0.15) is 43.0 Å². The monoisotopic (exact) mass is 216 g/mol. The van der Waals surface area contributed by atoms with E-state index in [4.69, 9.17) is 11.6 Å². The van der Waals surface area contributed by atoms with E-state index in [1.54, 1.807) is 11.3 Å². The fourth-order valence-corrected chi connectivity index (χ4v) is 2.59. The summed E-state index contributed by atoms with van der Waals surface area (Å²) in [5.41, 5.74) is 1.47. The number of aryl methyl sites for hydroxylation is 1. The summed E-state index contributed by atoms with van der Waals surface area (Å²) in [5, 5.41) is 2.15. The average molecular weight is 217 g/mol. The van der Waals surface area contributed by atoms with Crippen LogP contribution in [0.4, 0.5) is 0 Å². The maximum Gasteiger partial charge on any atom is 0.0570 e. The van der Waals surface area contributed by atoms with E-state index in [1.165, 1.54) is 42.5 Å². The third-order valence-corrected chi connectivity index (χ3v) is 3.65. The molecule has 0 bridgehead atoms. The van der Waals surface area contributed by atoms with Gasteiger partial charge in [0.1, 0.15) is 0 Å². The Hall–Kier alpha value is -0.0100. The third-order valence-electron chi connectivity index (χ3n) is 2.26. The summed E-state index contributed by atoms with van der Waals surface area (Å²) in [7, 11) is 0. The van der Waals surface area contributed by atoms with E-state index in [1.807, 2.05) is 0 Å². The van der Waals surface area contributed by atoms with E-state index in [0.717, 1.165) is 0 Å². The van der Waals surface area contributed by atoms with Gasteiger partial charge in [-0.15, -0.1) is 22.9 Å². The molecule has 0 N–H and O–H groups in total. The summed E-state index contributed by atoms with van der Waals surface area (Å²) in [6.45, 7) is 2.24. The number of unbranched alkanes of at least 4 members (excludes halogenated alkanes) is 3. The van der Waals surface area contributed by atoms with Crippen molar-refractivity contribution in [2.45, 2.75) is 44.9 Å². The molecular formula is C11H17ClS. The minimum absolute atomic E-state index is 0.681. The van der Waals surface area contributed by atoms with Crippen molar-refractivity contribution in [2.75, 3.05) is 0 Å². The molecule has 0 aromatic carbocycles. The van der Waals surface area contributed by atoms with E-state index < -0.39 is 0 Å². The molecule has 0 atom stereocenters. The van der Waals surface area contributed by atoms with Crippen LogP contribution >= 0.6 is 22.9 Å². The molecule has 0 unspecified atom stereocenters. The molecule has 0 radical (unpaired) electrons. The van der Waals surface area contributed by atoms with Gasteiger partial charge in [0, 0.05) is 4.88 Å². The highest BCUT2D eigenvalue weighted by Crippen LogP contribution is 2.21. The van der Waals surface area contributed by atoms with E-state index in [-0.39, 0.29) is 0 Å². The van der Waals surface area contributed by atoms with Gasteiger partial charge >= 0.3 is 0 Å². The van der Waals surface area contributed by atoms with Crippen LogP contribution in [-0.4, -0.2) is 0 Å². The molecule has 0 amide bonds. The van der Waals surface area contributed by atoms with E-state index in [2.05, 4.69) is 18.4 Å². The standard InChI is InChI=1S/C11H17ClS/c1-2-3-4-5-6-10-7-8-13-11(10)9-12/h7-8H,2-6,9H2,1H3. The molecule has 0 aliphatic heterocycles. The van der Waals surface area contributed by atoms with E-state index >= 15 is 0 Å². The molecule has 0 aliphatic rings. The van der Waals surface area contributed by atoms with Crippen molar-refractivity contribution < 1.29 is 0 Å². The van der Waals surface area contributed by atoms with Crippen LogP contribution in [0.3, 0.4) is 0 Å². The van der Waals surface area contributed by atoms with Crippen LogP contribution in [0.25, 0.3) is 0 Å². The van der Waals surface area contributed by atoms with Crippen molar-refractivity contribution in [2.24, 2.45) is 0 Å². The lowest BCUT2D eigenvalue weighted by Crippen LogP contribution is -1.86. The summed E-state index contributed by atoms with van der Waals surface area (Å²) in [6.07, 6.45) is 6.56. The minimum atomic E-state index is 0.681. The number of halogens is 1. The van der Waals surface area contributed by atoms with Crippen LogP contribution in [0.5, 0.6) is 0 Å². The van der Waals surface area contributed by atoms with Gasteiger partial charge in [-0.2, -0.15) is 0 Å². The molecule has 74 valence electrons. The van der Waals surface area contributed by atoms with Gasteiger partial charge in [0.2, 0.25) is 0 Å². The highest BCUT2D eigenvalue weighted by Gasteiger charge is 2.01. The van der Waals surface area contributed by atoms with Crippen molar-refractivity contribution >= 4 is 22.9 Å². The number of alkyl halides is 1. The zero-order chi connectivity index (χ0) is 9.52. The SMILES string of the molecule is CCCCCCc1ccsc1CCl. The first kappa shape index (κ1) is 11.1. The van der Waals surface area contributed by atoms with Crippen molar-refractivity contribution in [1.82, 2.24) is 0 Å². The predicted molar refractivity (Wildman–Crippen MR) is 61.7 cm³/mol. The lowest BCUT2D eigenvalue weighted by molar-refractivity contribution is 0.666. The van der Waals surface area contributed by atoms with Crippen LogP contribution in [0.2, 0.25) is 0 Å². The molecule has 1 rings (SSSR count). The molecule has 13 heavy (non-hydrogen) atoms. The van der Waals surface area contributed by atoms with Gasteiger partial charge in [0.25, 0.3) is 0 Å². The Bertz CT molecular complexity index is 230. The highest BCUT2D eigenvalue weighted by molar-refractivity contribution is 7.10. The van der Waals surface area contributed by atoms with E-state index in [9.17, 15) is 0 Å². The van der Waals surface area contributed by atoms with E-state index in [0.29, 0.717) is 5.88 Å². The summed E-state index contributed by atoms with van der Waals surface area (Å²) in [6, 6.07) is 2.22. The second kappa shape index (κ2) is 6.44. The second-order valence-corrected chi connectivity index (χ2v) is 4.58. The smallest absolute Gasteiger partial charge is 0.0570 e. The first-order chi connectivity index (χ1) is 6.38. The largest absolute Gasteiger partial charge is 0.147 e. The Morgan fingerprint density at radius 2 is 2.15 bits per heavy atom. The lowest BCUT2D eigenvalue weighted by Gasteiger charge is -2.00. The molecule has 0 spiro atoms. The number of hydrogen-bond acceptors (Lipinski definition) is 1. The van der Waals surface area contributed by atoms with Crippen molar-refractivity contribution in [3.63, 3.8) is 0 Å². The average Bonchev–Trinajstić information content (AvgIpc) is 2.60. The first-order valence-electron chi connectivity index (χ1n) is 4.99. The van der Waals surface area contributed by atoms with Gasteiger partial charge in [-0.25, -0.2) is 0 Å². The normalized spacial score (nSPS) is 10.6. The van der Waals surface area contributed by atoms with Crippen LogP contribution < -0.4 is 0 Å². The Balaban J connectivity index is 2.27. The van der Waals surface area contributed by atoms with Crippen LogP contribution in [-0.2, 0) is 12.3 Å². The molecule has 1 aromatic rings. The van der Waals surface area contributed by atoms with Crippen LogP contribution in [0, 0.1) is 0 Å². The topological polar surface area (TPSA) is 0 Å². The first-order valence-corrected chi connectivity index (χ1v) is 6.41. The third kappa shape index (κ3) is 3.70. The molecule has 0 saturated carbocycles. The quantitative estimate of drug-likeness (QED) is 0.481. The van der Waals surface area contributed by atoms with Crippen molar-refractivity contribution in [3.8, 4) is 0 Å². The maximum atomic E-state index is 5.82. The van der Waals surface area contributed by atoms with Gasteiger partial charge in [0.05, 0.1) is 5.88 Å². The van der Waals surface area contributed by atoms with Crippen LogP contribution in [0.15, 0.2) is 11.4 Å². The zero-order valence-electron chi connectivity index (χ0n) is 8.18. The van der Waals surface area contributed by atoms with Gasteiger partial charge in [-0.3, -0.25) is 0 Å². The van der Waals surface area contributed by atoms with Gasteiger partial charge in [-0.1, -0.05) is 26.2 Å². The Morgan fingerprint density at radius 3 is 2.85 bits per heavy atom. The second-order valence-electron chi connectivity index (χ2n) is 3.31. The Labute approximate surface area is 89.9 Å². The molecular weight excluding hydrogens is 200 g/mol. The summed E-state index contributed by atoms with van der Waals surface area (Å²) < 4.78 is 0. The Kier molecular flexibility index (Phi) is 5.49. The molecule has 0 fully saturated rings. The maximum absolute atomic E-state index is 5.82. The molecule has 1 heterocycles. The predicted octanol–water partition coefficient (Wildman–Crippen LogP) is 4.61. The number of hydrogen-bond donors (Lipinski definition) is 0. The fraction of sp³-hybridized carbons (Fsp3) is 0.636. The summed E-state index contributed by atoms with van der Waals surface area (Å²) >= 11 is 7.61. The van der Waals surface area contributed by atoms with Gasteiger partial charge < -0.3 is 0 Å². The minimum Gasteiger partial charge on any atom is -0.147 e. The Morgan fingerprint density at radius 1 is 1.31 bits per heavy atom. The molecule has 0 aliphatic carbocycles. The summed E-state index contributed by atoms with van der Waals surface area (Å²) in [5.74, 6) is 0.681. The fourth-order valence-electron chi connectivity index (χ4n) is 1.45. The molecule has 0 saturated heterocycles.